The molecular formula is C18H19NOS. The van der Waals surface area contributed by atoms with E-state index in [0.29, 0.717) is 5.25 Å². The number of hydrogen-bond donors (Lipinski definition) is 1. The van der Waals surface area contributed by atoms with Crippen molar-refractivity contribution in [2.45, 2.75) is 35.4 Å². The van der Waals surface area contributed by atoms with Gasteiger partial charge in [0.15, 0.2) is 0 Å². The molecule has 0 bridgehead atoms. The average Bonchev–Trinajstić information content (AvgIpc) is 3.08. The van der Waals surface area contributed by atoms with E-state index in [1.54, 1.807) is 0 Å². The van der Waals surface area contributed by atoms with Gasteiger partial charge in [0.25, 0.3) is 0 Å². The predicted octanol–water partition coefficient (Wildman–Crippen LogP) is 3.73. The molecule has 2 aromatic carbocycles. The monoisotopic (exact) mass is 297 g/mol. The predicted molar refractivity (Wildman–Crippen MR) is 87.0 cm³/mol. The topological polar surface area (TPSA) is 35.2 Å². The molecule has 0 saturated heterocycles. The van der Waals surface area contributed by atoms with Crippen molar-refractivity contribution in [2.75, 3.05) is 6.61 Å². The fourth-order valence-corrected chi connectivity index (χ4v) is 4.47. The number of ether oxygens (including phenoxy) is 1. The molecule has 0 fully saturated rings. The van der Waals surface area contributed by atoms with E-state index in [1.165, 1.54) is 21.6 Å². The lowest BCUT2D eigenvalue weighted by molar-refractivity contribution is 0.317. The van der Waals surface area contributed by atoms with Crippen LogP contribution in [0.2, 0.25) is 0 Å². The molecule has 0 amide bonds. The van der Waals surface area contributed by atoms with Crippen LogP contribution in [-0.2, 0) is 12.8 Å². The lowest BCUT2D eigenvalue weighted by Crippen LogP contribution is -2.13. The van der Waals surface area contributed by atoms with Crippen LogP contribution in [0.3, 0.4) is 0 Å². The molecule has 2 N–H and O–H groups in total. The first-order chi connectivity index (χ1) is 10.3. The zero-order chi connectivity index (χ0) is 14.2. The zero-order valence-corrected chi connectivity index (χ0v) is 12.7. The van der Waals surface area contributed by atoms with Crippen molar-refractivity contribution in [2.24, 2.45) is 5.73 Å². The molecule has 2 atom stereocenters. The molecule has 2 nitrogen and oxygen atoms in total. The SMILES string of the molecule is N[C@@H]1CCc2cc(OCC3Cc4ccccc4S3)ccc21. The standard InChI is InChI=1S/C18H19NOS/c19-17-8-5-12-9-14(6-7-16(12)17)20-11-15-10-13-3-1-2-4-18(13)21-15/h1-4,6-7,9,15,17H,5,8,10-11,19H2/t15?,17-/m1/s1. The highest BCUT2D eigenvalue weighted by atomic mass is 32.2. The molecule has 1 heterocycles. The lowest BCUT2D eigenvalue weighted by atomic mass is 10.1. The Bertz CT molecular complexity index is 645. The van der Waals surface area contributed by atoms with Crippen LogP contribution in [0.4, 0.5) is 0 Å². The number of thioether (sulfide) groups is 1. The number of fused-ring (bicyclic) bond motifs is 2. The summed E-state index contributed by atoms with van der Waals surface area (Å²) in [5.41, 5.74) is 10.2. The van der Waals surface area contributed by atoms with Crippen molar-refractivity contribution < 1.29 is 4.74 Å². The van der Waals surface area contributed by atoms with E-state index in [0.717, 1.165) is 31.6 Å². The molecule has 0 saturated carbocycles. The minimum atomic E-state index is 0.217. The normalized spacial score (nSPS) is 22.9. The summed E-state index contributed by atoms with van der Waals surface area (Å²) < 4.78 is 6.02. The minimum absolute atomic E-state index is 0.217. The maximum Gasteiger partial charge on any atom is 0.119 e. The third kappa shape index (κ3) is 2.56. The molecule has 108 valence electrons. The second kappa shape index (κ2) is 5.39. The van der Waals surface area contributed by atoms with Crippen LogP contribution >= 0.6 is 11.8 Å². The maximum atomic E-state index is 6.07. The number of hydrogen-bond acceptors (Lipinski definition) is 3. The van der Waals surface area contributed by atoms with Crippen molar-refractivity contribution in [1.82, 2.24) is 0 Å². The molecule has 0 spiro atoms. The van der Waals surface area contributed by atoms with E-state index in [1.807, 2.05) is 11.8 Å². The highest BCUT2D eigenvalue weighted by Gasteiger charge is 2.23. The van der Waals surface area contributed by atoms with Crippen LogP contribution in [0, 0.1) is 0 Å². The van der Waals surface area contributed by atoms with Crippen molar-refractivity contribution >= 4 is 11.8 Å². The van der Waals surface area contributed by atoms with Gasteiger partial charge in [0, 0.05) is 16.2 Å². The summed E-state index contributed by atoms with van der Waals surface area (Å²) in [6.45, 7) is 0.768. The largest absolute Gasteiger partial charge is 0.492 e. The molecule has 1 aliphatic carbocycles. The Morgan fingerprint density at radius 2 is 2.05 bits per heavy atom. The second-order valence-electron chi connectivity index (χ2n) is 5.87. The first-order valence-electron chi connectivity index (χ1n) is 7.55. The van der Waals surface area contributed by atoms with E-state index >= 15 is 0 Å². The van der Waals surface area contributed by atoms with E-state index in [9.17, 15) is 0 Å². The van der Waals surface area contributed by atoms with Gasteiger partial charge < -0.3 is 10.5 Å². The Kier molecular flexibility index (Phi) is 3.40. The average molecular weight is 297 g/mol. The van der Waals surface area contributed by atoms with E-state index in [4.69, 9.17) is 10.5 Å². The van der Waals surface area contributed by atoms with E-state index < -0.39 is 0 Å². The summed E-state index contributed by atoms with van der Waals surface area (Å²) in [5.74, 6) is 0.986. The Balaban J connectivity index is 1.40. The smallest absolute Gasteiger partial charge is 0.119 e. The third-order valence-corrected chi connectivity index (χ3v) is 5.68. The summed E-state index contributed by atoms with van der Waals surface area (Å²) >= 11 is 1.94. The Labute approximate surface area is 129 Å². The first kappa shape index (κ1) is 13.2. The van der Waals surface area contributed by atoms with E-state index in [-0.39, 0.29) is 6.04 Å². The van der Waals surface area contributed by atoms with Crippen molar-refractivity contribution in [3.63, 3.8) is 0 Å². The highest BCUT2D eigenvalue weighted by molar-refractivity contribution is 8.00. The summed E-state index contributed by atoms with van der Waals surface area (Å²) in [7, 11) is 0. The van der Waals surface area contributed by atoms with E-state index in [2.05, 4.69) is 42.5 Å². The van der Waals surface area contributed by atoms with Crippen LogP contribution < -0.4 is 10.5 Å². The first-order valence-corrected chi connectivity index (χ1v) is 8.43. The van der Waals surface area contributed by atoms with Crippen LogP contribution in [0.25, 0.3) is 0 Å². The van der Waals surface area contributed by atoms with Gasteiger partial charge in [-0.25, -0.2) is 0 Å². The summed E-state index contributed by atoms with van der Waals surface area (Å²) in [5, 5.41) is 0.526. The van der Waals surface area contributed by atoms with Gasteiger partial charge in [-0.3, -0.25) is 0 Å². The van der Waals surface area contributed by atoms with Gasteiger partial charge in [0.1, 0.15) is 12.4 Å². The van der Waals surface area contributed by atoms with Gasteiger partial charge in [-0.1, -0.05) is 24.3 Å². The van der Waals surface area contributed by atoms with Gasteiger partial charge in [-0.05, 0) is 54.2 Å². The summed E-state index contributed by atoms with van der Waals surface area (Å²) in [6, 6.07) is 15.3. The molecule has 0 radical (unpaired) electrons. The number of aryl methyl sites for hydroxylation is 1. The number of benzene rings is 2. The third-order valence-electron chi connectivity index (χ3n) is 4.39. The van der Waals surface area contributed by atoms with Crippen molar-refractivity contribution in [3.8, 4) is 5.75 Å². The van der Waals surface area contributed by atoms with Crippen molar-refractivity contribution in [3.05, 3.63) is 59.2 Å². The zero-order valence-electron chi connectivity index (χ0n) is 11.9. The Hall–Kier alpha value is -1.45. The molecular weight excluding hydrogens is 278 g/mol. The molecule has 1 unspecified atom stereocenters. The molecule has 1 aliphatic heterocycles. The molecule has 2 aliphatic rings. The summed E-state index contributed by atoms with van der Waals surface area (Å²) in [6.07, 6.45) is 3.25. The summed E-state index contributed by atoms with van der Waals surface area (Å²) in [4.78, 5) is 1.41. The highest BCUT2D eigenvalue weighted by Crippen LogP contribution is 2.37. The molecule has 0 aromatic heterocycles. The van der Waals surface area contributed by atoms with Gasteiger partial charge in [0.05, 0.1) is 0 Å². The maximum absolute atomic E-state index is 6.07. The van der Waals surface area contributed by atoms with Crippen LogP contribution in [0.15, 0.2) is 47.4 Å². The van der Waals surface area contributed by atoms with Crippen molar-refractivity contribution in [1.29, 1.82) is 0 Å². The second-order valence-corrected chi connectivity index (χ2v) is 7.21. The van der Waals surface area contributed by atoms with Gasteiger partial charge >= 0.3 is 0 Å². The van der Waals surface area contributed by atoms with Gasteiger partial charge in [-0.2, -0.15) is 0 Å². The fraction of sp³-hybridized carbons (Fsp3) is 0.333. The van der Waals surface area contributed by atoms with Crippen LogP contribution in [0.1, 0.15) is 29.2 Å². The Morgan fingerprint density at radius 3 is 2.95 bits per heavy atom. The van der Waals surface area contributed by atoms with Gasteiger partial charge in [0.2, 0.25) is 0 Å². The molecule has 3 heteroatoms. The lowest BCUT2D eigenvalue weighted by Gasteiger charge is -2.12. The molecule has 4 rings (SSSR count). The van der Waals surface area contributed by atoms with Crippen LogP contribution in [-0.4, -0.2) is 11.9 Å². The number of nitrogens with two attached hydrogens (primary N) is 1. The Morgan fingerprint density at radius 1 is 1.14 bits per heavy atom. The van der Waals surface area contributed by atoms with Crippen LogP contribution in [0.5, 0.6) is 5.75 Å². The molecule has 2 aromatic rings. The van der Waals surface area contributed by atoms with Gasteiger partial charge in [-0.15, -0.1) is 11.8 Å². The minimum Gasteiger partial charge on any atom is -0.492 e. The fourth-order valence-electron chi connectivity index (χ4n) is 3.25. The number of rotatable bonds is 3. The quantitative estimate of drug-likeness (QED) is 0.937. The molecule has 21 heavy (non-hydrogen) atoms.